The number of amides is 2. The van der Waals surface area contributed by atoms with E-state index in [9.17, 15) is 14.4 Å². The molecule has 2 aromatic heterocycles. The second kappa shape index (κ2) is 7.79. The molecule has 0 spiro atoms. The highest BCUT2D eigenvalue weighted by molar-refractivity contribution is 9.10. The minimum atomic E-state index is -0.386. The first-order valence-electron chi connectivity index (χ1n) is 7.76. The number of rotatable bonds is 5. The molecule has 2 amide bonds. The van der Waals surface area contributed by atoms with Crippen LogP contribution in [0.5, 0.6) is 0 Å². The standard InChI is InChI=1S/C17H15BrN4O3S/c1-10-20-16-13(7-9-26-16)17(25)22(10)21-14(23)6-8-19-15(24)11-2-4-12(18)5-3-11/h2-5,7,9H,6,8H2,1H3,(H,19,24)(H,21,23). The van der Waals surface area contributed by atoms with E-state index in [-0.39, 0.29) is 30.3 Å². The Kier molecular flexibility index (Phi) is 5.48. The Hall–Kier alpha value is -2.52. The number of hydrogen-bond donors (Lipinski definition) is 2. The van der Waals surface area contributed by atoms with Crippen molar-refractivity contribution >= 4 is 49.3 Å². The van der Waals surface area contributed by atoms with Gasteiger partial charge in [-0.1, -0.05) is 15.9 Å². The second-order valence-electron chi connectivity index (χ2n) is 5.49. The van der Waals surface area contributed by atoms with Crippen molar-refractivity contribution < 1.29 is 9.59 Å². The number of benzene rings is 1. The van der Waals surface area contributed by atoms with Crippen molar-refractivity contribution in [3.8, 4) is 0 Å². The van der Waals surface area contributed by atoms with Gasteiger partial charge < -0.3 is 5.32 Å². The van der Waals surface area contributed by atoms with Crippen molar-refractivity contribution in [2.45, 2.75) is 13.3 Å². The van der Waals surface area contributed by atoms with Crippen molar-refractivity contribution in [2.75, 3.05) is 12.0 Å². The van der Waals surface area contributed by atoms with Crippen LogP contribution < -0.4 is 16.3 Å². The lowest BCUT2D eigenvalue weighted by Crippen LogP contribution is -2.37. The topological polar surface area (TPSA) is 93.1 Å². The van der Waals surface area contributed by atoms with Crippen molar-refractivity contribution in [1.82, 2.24) is 15.0 Å². The van der Waals surface area contributed by atoms with Crippen LogP contribution in [0.25, 0.3) is 10.2 Å². The number of thiophene rings is 1. The lowest BCUT2D eigenvalue weighted by atomic mass is 10.2. The van der Waals surface area contributed by atoms with Crippen LogP contribution in [0.4, 0.5) is 0 Å². The molecule has 0 fully saturated rings. The van der Waals surface area contributed by atoms with Gasteiger partial charge in [-0.05, 0) is 42.6 Å². The molecule has 0 unspecified atom stereocenters. The summed E-state index contributed by atoms with van der Waals surface area (Å²) < 4.78 is 2.01. The average molecular weight is 435 g/mol. The molecule has 0 atom stereocenters. The lowest BCUT2D eigenvalue weighted by molar-refractivity contribution is -0.117. The zero-order valence-electron chi connectivity index (χ0n) is 13.8. The number of nitrogens with one attached hydrogen (secondary N) is 2. The van der Waals surface area contributed by atoms with Gasteiger partial charge in [0.05, 0.1) is 5.39 Å². The van der Waals surface area contributed by atoms with E-state index < -0.39 is 0 Å². The van der Waals surface area contributed by atoms with E-state index in [1.54, 1.807) is 42.6 Å². The molecule has 0 bridgehead atoms. The van der Waals surface area contributed by atoms with Gasteiger partial charge in [0.25, 0.3) is 11.5 Å². The zero-order chi connectivity index (χ0) is 18.7. The molecule has 134 valence electrons. The highest BCUT2D eigenvalue weighted by Gasteiger charge is 2.12. The van der Waals surface area contributed by atoms with Gasteiger partial charge in [0.2, 0.25) is 5.91 Å². The maximum atomic E-state index is 12.4. The first kappa shape index (κ1) is 18.3. The molecule has 0 aliphatic carbocycles. The molecular weight excluding hydrogens is 420 g/mol. The van der Waals surface area contributed by atoms with Crippen LogP contribution in [0.3, 0.4) is 0 Å². The highest BCUT2D eigenvalue weighted by Crippen LogP contribution is 2.14. The van der Waals surface area contributed by atoms with Crippen LogP contribution in [0.2, 0.25) is 0 Å². The highest BCUT2D eigenvalue weighted by atomic mass is 79.9. The van der Waals surface area contributed by atoms with E-state index in [2.05, 4.69) is 31.7 Å². The predicted molar refractivity (Wildman–Crippen MR) is 104 cm³/mol. The van der Waals surface area contributed by atoms with Crippen LogP contribution >= 0.6 is 27.3 Å². The number of carbonyl (C=O) groups is 2. The van der Waals surface area contributed by atoms with E-state index >= 15 is 0 Å². The van der Waals surface area contributed by atoms with Crippen LogP contribution in [0.1, 0.15) is 22.6 Å². The Balaban J connectivity index is 1.59. The molecule has 0 saturated carbocycles. The third kappa shape index (κ3) is 4.00. The molecule has 7 nitrogen and oxygen atoms in total. The van der Waals surface area contributed by atoms with Gasteiger partial charge in [-0.3, -0.25) is 19.8 Å². The minimum absolute atomic E-state index is 0.0375. The van der Waals surface area contributed by atoms with Gasteiger partial charge in [0.15, 0.2) is 0 Å². The minimum Gasteiger partial charge on any atom is -0.352 e. The molecule has 0 aliphatic rings. The van der Waals surface area contributed by atoms with Gasteiger partial charge in [-0.15, -0.1) is 11.3 Å². The fourth-order valence-electron chi connectivity index (χ4n) is 2.32. The second-order valence-corrected chi connectivity index (χ2v) is 7.30. The van der Waals surface area contributed by atoms with Crippen LogP contribution in [0, 0.1) is 6.92 Å². The zero-order valence-corrected chi connectivity index (χ0v) is 16.2. The number of carbonyl (C=O) groups excluding carboxylic acids is 2. The largest absolute Gasteiger partial charge is 0.352 e. The van der Waals surface area contributed by atoms with Crippen LogP contribution in [0.15, 0.2) is 45.0 Å². The smallest absolute Gasteiger partial charge is 0.281 e. The molecule has 26 heavy (non-hydrogen) atoms. The van der Waals surface area contributed by atoms with E-state index in [1.807, 2.05) is 0 Å². The molecule has 3 rings (SSSR count). The summed E-state index contributed by atoms with van der Waals surface area (Å²) in [7, 11) is 0. The van der Waals surface area contributed by atoms with Gasteiger partial charge in [0, 0.05) is 23.0 Å². The summed E-state index contributed by atoms with van der Waals surface area (Å²) in [6, 6.07) is 8.58. The average Bonchev–Trinajstić information content (AvgIpc) is 3.07. The number of halogens is 1. The predicted octanol–water partition coefficient (Wildman–Crippen LogP) is 2.42. The number of nitrogens with zero attached hydrogens (tertiary/aromatic N) is 2. The number of aromatic nitrogens is 2. The summed E-state index contributed by atoms with van der Waals surface area (Å²) in [5.74, 6) is -0.250. The number of aryl methyl sites for hydroxylation is 1. The Labute approximate surface area is 161 Å². The number of fused-ring (bicyclic) bond motifs is 1. The van der Waals surface area contributed by atoms with Gasteiger partial charge >= 0.3 is 0 Å². The third-order valence-electron chi connectivity index (χ3n) is 3.65. The van der Waals surface area contributed by atoms with E-state index in [0.29, 0.717) is 21.6 Å². The van der Waals surface area contributed by atoms with E-state index in [0.717, 1.165) is 9.15 Å². The summed E-state index contributed by atoms with van der Waals surface area (Å²) in [5.41, 5.74) is 2.72. The lowest BCUT2D eigenvalue weighted by Gasteiger charge is -2.11. The Morgan fingerprint density at radius 1 is 1.23 bits per heavy atom. The van der Waals surface area contributed by atoms with Crippen molar-refractivity contribution in [1.29, 1.82) is 0 Å². The van der Waals surface area contributed by atoms with Crippen LogP contribution in [-0.4, -0.2) is 28.0 Å². The summed E-state index contributed by atoms with van der Waals surface area (Å²) in [6.45, 7) is 1.80. The summed E-state index contributed by atoms with van der Waals surface area (Å²) in [6.07, 6.45) is 0.0375. The van der Waals surface area contributed by atoms with Gasteiger partial charge in [-0.25, -0.2) is 9.66 Å². The molecule has 2 heterocycles. The maximum absolute atomic E-state index is 12.4. The van der Waals surface area contributed by atoms with Crippen molar-refractivity contribution in [2.24, 2.45) is 0 Å². The number of hydrogen-bond acceptors (Lipinski definition) is 5. The summed E-state index contributed by atoms with van der Waals surface area (Å²) >= 11 is 4.68. The summed E-state index contributed by atoms with van der Waals surface area (Å²) in [5, 5.41) is 4.92. The normalized spacial score (nSPS) is 10.7. The third-order valence-corrected chi connectivity index (χ3v) is 4.98. The van der Waals surface area contributed by atoms with Gasteiger partial charge in [0.1, 0.15) is 10.7 Å². The van der Waals surface area contributed by atoms with E-state index in [4.69, 9.17) is 0 Å². The quantitative estimate of drug-likeness (QED) is 0.644. The SMILES string of the molecule is Cc1nc2sccc2c(=O)n1NC(=O)CCNC(=O)c1ccc(Br)cc1. The molecule has 9 heteroatoms. The maximum Gasteiger partial charge on any atom is 0.281 e. The summed E-state index contributed by atoms with van der Waals surface area (Å²) in [4.78, 5) is 41.4. The van der Waals surface area contributed by atoms with E-state index in [1.165, 1.54) is 11.3 Å². The first-order valence-corrected chi connectivity index (χ1v) is 9.43. The Morgan fingerprint density at radius 2 is 1.96 bits per heavy atom. The molecule has 0 radical (unpaired) electrons. The monoisotopic (exact) mass is 434 g/mol. The molecule has 1 aromatic carbocycles. The Bertz CT molecular complexity index is 1030. The molecule has 0 saturated heterocycles. The molecule has 2 N–H and O–H groups in total. The van der Waals surface area contributed by atoms with Gasteiger partial charge in [-0.2, -0.15) is 0 Å². The molecular formula is C17H15BrN4O3S. The molecule has 3 aromatic rings. The Morgan fingerprint density at radius 3 is 2.69 bits per heavy atom. The fraction of sp³-hybridized carbons (Fsp3) is 0.176. The first-order chi connectivity index (χ1) is 12.5. The van der Waals surface area contributed by atoms with Crippen LogP contribution in [-0.2, 0) is 4.79 Å². The van der Waals surface area contributed by atoms with Crippen molar-refractivity contribution in [3.05, 3.63) is 61.9 Å². The molecule has 0 aliphatic heterocycles. The fourth-order valence-corrected chi connectivity index (χ4v) is 3.38. The van der Waals surface area contributed by atoms with Crippen molar-refractivity contribution in [3.63, 3.8) is 0 Å².